The lowest BCUT2D eigenvalue weighted by molar-refractivity contribution is -0.113. The Morgan fingerprint density at radius 2 is 1.72 bits per heavy atom. The second-order valence-corrected chi connectivity index (χ2v) is 7.27. The van der Waals surface area contributed by atoms with Gasteiger partial charge >= 0.3 is 0 Å². The number of carbonyl (C=O) groups excluding carboxylic acids is 1. The van der Waals surface area contributed by atoms with Gasteiger partial charge in [-0.15, -0.1) is 0 Å². The lowest BCUT2D eigenvalue weighted by atomic mass is 9.94. The smallest absolute Gasteiger partial charge is 0.255 e. The third-order valence-electron chi connectivity index (χ3n) is 4.03. The second-order valence-electron chi connectivity index (χ2n) is 5.94. The summed E-state index contributed by atoms with van der Waals surface area (Å²) < 4.78 is 0.963. The summed E-state index contributed by atoms with van der Waals surface area (Å²) in [5.41, 5.74) is 4.28. The van der Waals surface area contributed by atoms with Gasteiger partial charge in [0.1, 0.15) is 0 Å². The van der Waals surface area contributed by atoms with E-state index < -0.39 is 0 Å². The SMILES string of the molecule is CC1=C(C(=O)Nc2ccc(Br)cc2)[C@@H](c2ccc(C)cc2)NC(=S)N1. The van der Waals surface area contributed by atoms with Crippen molar-refractivity contribution in [3.8, 4) is 0 Å². The molecule has 1 atom stereocenters. The van der Waals surface area contributed by atoms with Crippen LogP contribution in [0.5, 0.6) is 0 Å². The molecule has 0 saturated heterocycles. The zero-order valence-corrected chi connectivity index (χ0v) is 16.3. The number of nitrogens with one attached hydrogen (secondary N) is 3. The normalized spacial score (nSPS) is 16.9. The molecule has 1 aliphatic heterocycles. The average molecular weight is 416 g/mol. The van der Waals surface area contributed by atoms with Gasteiger partial charge in [-0.05, 0) is 55.9 Å². The third kappa shape index (κ3) is 4.08. The van der Waals surface area contributed by atoms with Gasteiger partial charge in [-0.25, -0.2) is 0 Å². The van der Waals surface area contributed by atoms with E-state index in [2.05, 4.69) is 31.9 Å². The summed E-state index contributed by atoms with van der Waals surface area (Å²) >= 11 is 8.67. The maximum Gasteiger partial charge on any atom is 0.255 e. The molecule has 1 heterocycles. The minimum absolute atomic E-state index is 0.159. The number of thiocarbonyl (C=S) groups is 1. The molecule has 2 aromatic carbocycles. The van der Waals surface area contributed by atoms with Crippen LogP contribution in [0.4, 0.5) is 5.69 Å². The summed E-state index contributed by atoms with van der Waals surface area (Å²) in [7, 11) is 0. The van der Waals surface area contributed by atoms with Gasteiger partial charge in [-0.1, -0.05) is 45.8 Å². The first-order chi connectivity index (χ1) is 11.9. The molecule has 25 heavy (non-hydrogen) atoms. The van der Waals surface area contributed by atoms with E-state index in [0.717, 1.165) is 21.4 Å². The molecule has 0 aliphatic carbocycles. The molecule has 0 spiro atoms. The number of aryl methyl sites for hydroxylation is 1. The van der Waals surface area contributed by atoms with E-state index >= 15 is 0 Å². The van der Waals surface area contributed by atoms with Gasteiger partial charge in [0.15, 0.2) is 5.11 Å². The molecule has 1 amide bonds. The number of anilines is 1. The first kappa shape index (κ1) is 17.6. The minimum Gasteiger partial charge on any atom is -0.351 e. The first-order valence-corrected chi connectivity index (χ1v) is 9.06. The molecule has 1 aliphatic rings. The Labute approximate surface area is 160 Å². The number of amides is 1. The molecule has 0 unspecified atom stereocenters. The van der Waals surface area contributed by atoms with E-state index in [4.69, 9.17) is 12.2 Å². The van der Waals surface area contributed by atoms with Crippen LogP contribution < -0.4 is 16.0 Å². The zero-order chi connectivity index (χ0) is 18.0. The Bertz CT molecular complexity index is 844. The van der Waals surface area contributed by atoms with Crippen molar-refractivity contribution in [3.63, 3.8) is 0 Å². The van der Waals surface area contributed by atoms with E-state index in [1.165, 1.54) is 5.56 Å². The van der Waals surface area contributed by atoms with Crippen LogP contribution in [-0.4, -0.2) is 11.0 Å². The predicted octanol–water partition coefficient (Wildman–Crippen LogP) is 4.19. The van der Waals surface area contributed by atoms with Crippen LogP contribution in [0.1, 0.15) is 24.1 Å². The lowest BCUT2D eigenvalue weighted by Crippen LogP contribution is -2.45. The van der Waals surface area contributed by atoms with Gasteiger partial charge in [0.25, 0.3) is 5.91 Å². The first-order valence-electron chi connectivity index (χ1n) is 7.86. The fourth-order valence-electron chi connectivity index (χ4n) is 2.74. The number of benzene rings is 2. The van der Waals surface area contributed by atoms with Crippen LogP contribution in [0.15, 0.2) is 64.3 Å². The standard InChI is InChI=1S/C19H18BrN3OS/c1-11-3-5-13(6-4-11)17-16(12(2)21-19(25)23-17)18(24)22-15-9-7-14(20)8-10-15/h3-10,17H,1-2H3,(H,22,24)(H2,21,23,25)/t17-/m1/s1. The maximum absolute atomic E-state index is 12.9. The van der Waals surface area contributed by atoms with Crippen LogP contribution in [0.2, 0.25) is 0 Å². The molecule has 4 nitrogen and oxygen atoms in total. The van der Waals surface area contributed by atoms with Gasteiger partial charge < -0.3 is 16.0 Å². The summed E-state index contributed by atoms with van der Waals surface area (Å²) in [6.07, 6.45) is 0. The Hall–Kier alpha value is -2.18. The lowest BCUT2D eigenvalue weighted by Gasteiger charge is -2.30. The van der Waals surface area contributed by atoms with Crippen molar-refractivity contribution in [1.82, 2.24) is 10.6 Å². The quantitative estimate of drug-likeness (QED) is 0.657. The highest BCUT2D eigenvalue weighted by atomic mass is 79.9. The summed E-state index contributed by atoms with van der Waals surface area (Å²) in [5, 5.41) is 9.72. The van der Waals surface area contributed by atoms with Crippen molar-refractivity contribution in [2.24, 2.45) is 0 Å². The summed E-state index contributed by atoms with van der Waals surface area (Å²) in [6, 6.07) is 15.3. The molecule has 0 saturated carbocycles. The van der Waals surface area contributed by atoms with Crippen LogP contribution >= 0.6 is 28.1 Å². The molecular formula is C19H18BrN3OS. The highest BCUT2D eigenvalue weighted by molar-refractivity contribution is 9.10. The van der Waals surface area contributed by atoms with Crippen LogP contribution in [-0.2, 0) is 4.79 Å². The Balaban J connectivity index is 1.92. The van der Waals surface area contributed by atoms with Crippen molar-refractivity contribution in [2.45, 2.75) is 19.9 Å². The zero-order valence-electron chi connectivity index (χ0n) is 13.9. The van der Waals surface area contributed by atoms with Gasteiger partial charge in [0, 0.05) is 15.9 Å². The van der Waals surface area contributed by atoms with Crippen molar-refractivity contribution >= 4 is 44.9 Å². The molecule has 0 aromatic heterocycles. The number of hydrogen-bond acceptors (Lipinski definition) is 2. The molecule has 0 radical (unpaired) electrons. The van der Waals surface area contributed by atoms with Crippen molar-refractivity contribution in [1.29, 1.82) is 0 Å². The largest absolute Gasteiger partial charge is 0.351 e. The van der Waals surface area contributed by atoms with E-state index in [1.807, 2.05) is 62.4 Å². The van der Waals surface area contributed by atoms with Crippen LogP contribution in [0.25, 0.3) is 0 Å². The molecule has 3 N–H and O–H groups in total. The minimum atomic E-state index is -0.287. The molecule has 3 rings (SSSR count). The van der Waals surface area contributed by atoms with Gasteiger partial charge in [-0.3, -0.25) is 4.79 Å². The molecule has 2 aromatic rings. The van der Waals surface area contributed by atoms with Crippen LogP contribution in [0, 0.1) is 6.92 Å². The van der Waals surface area contributed by atoms with Gasteiger partial charge in [0.05, 0.1) is 11.6 Å². The number of hydrogen-bond donors (Lipinski definition) is 3. The Morgan fingerprint density at radius 3 is 2.36 bits per heavy atom. The molecule has 128 valence electrons. The second kappa shape index (κ2) is 7.37. The summed E-state index contributed by atoms with van der Waals surface area (Å²) in [5.74, 6) is -0.159. The van der Waals surface area contributed by atoms with Gasteiger partial charge in [-0.2, -0.15) is 0 Å². The third-order valence-corrected chi connectivity index (χ3v) is 4.78. The monoisotopic (exact) mass is 415 g/mol. The van der Waals surface area contributed by atoms with Gasteiger partial charge in [0.2, 0.25) is 0 Å². The number of halogens is 1. The van der Waals surface area contributed by atoms with E-state index in [0.29, 0.717) is 10.7 Å². The van der Waals surface area contributed by atoms with E-state index in [1.54, 1.807) is 0 Å². The number of carbonyl (C=O) groups is 1. The van der Waals surface area contributed by atoms with E-state index in [-0.39, 0.29) is 11.9 Å². The predicted molar refractivity (Wildman–Crippen MR) is 108 cm³/mol. The fraction of sp³-hybridized carbons (Fsp3) is 0.158. The molecule has 6 heteroatoms. The van der Waals surface area contributed by atoms with Crippen LogP contribution in [0.3, 0.4) is 0 Å². The molecule has 0 bridgehead atoms. The number of rotatable bonds is 3. The van der Waals surface area contributed by atoms with Crippen molar-refractivity contribution in [3.05, 3.63) is 75.4 Å². The van der Waals surface area contributed by atoms with E-state index in [9.17, 15) is 4.79 Å². The maximum atomic E-state index is 12.9. The molecule has 0 fully saturated rings. The summed E-state index contributed by atoms with van der Waals surface area (Å²) in [6.45, 7) is 3.90. The van der Waals surface area contributed by atoms with Crippen molar-refractivity contribution < 1.29 is 4.79 Å². The highest BCUT2D eigenvalue weighted by Gasteiger charge is 2.29. The Morgan fingerprint density at radius 1 is 1.08 bits per heavy atom. The Kier molecular flexibility index (Phi) is 5.20. The fourth-order valence-corrected chi connectivity index (χ4v) is 3.27. The summed E-state index contributed by atoms with van der Waals surface area (Å²) in [4.78, 5) is 12.9. The number of allylic oxidation sites excluding steroid dienone is 1. The topological polar surface area (TPSA) is 53.2 Å². The molecular weight excluding hydrogens is 398 g/mol. The van der Waals surface area contributed by atoms with Crippen molar-refractivity contribution in [2.75, 3.05) is 5.32 Å². The highest BCUT2D eigenvalue weighted by Crippen LogP contribution is 2.28. The average Bonchev–Trinajstić information content (AvgIpc) is 2.57.